The fourth-order valence-corrected chi connectivity index (χ4v) is 1.09. The van der Waals surface area contributed by atoms with Crippen molar-refractivity contribution in [3.63, 3.8) is 0 Å². The lowest BCUT2D eigenvalue weighted by Crippen LogP contribution is -2.45. The predicted octanol–water partition coefficient (Wildman–Crippen LogP) is -0.748. The molecule has 5 heteroatoms. The molecule has 0 aliphatic heterocycles. The number of phenolic OH excluding ortho intramolecular Hbond substituents is 1. The van der Waals surface area contributed by atoms with Crippen molar-refractivity contribution in [3.8, 4) is 5.75 Å². The molecule has 76 valence electrons. The second kappa shape index (κ2) is 4.59. The van der Waals surface area contributed by atoms with E-state index in [0.29, 0.717) is 6.42 Å². The number of rotatable bonds is 3. The topological polar surface area (TPSA) is 101 Å². The largest absolute Gasteiger partial charge is 0.508 e. The lowest BCUT2D eigenvalue weighted by atomic mass is 10.1. The van der Waals surface area contributed by atoms with Gasteiger partial charge in [0.15, 0.2) is 0 Å². The van der Waals surface area contributed by atoms with E-state index >= 15 is 0 Å². The molecule has 1 rings (SSSR count). The minimum absolute atomic E-state index is 0.186. The first kappa shape index (κ1) is 10.5. The predicted molar refractivity (Wildman–Crippen MR) is 52.1 cm³/mol. The number of carbonyl (C=O) groups excluding carboxylic acids is 1. The molecule has 5 nitrogen and oxygen atoms in total. The summed E-state index contributed by atoms with van der Waals surface area (Å²) < 4.78 is 0. The molecule has 1 aromatic rings. The van der Waals surface area contributed by atoms with E-state index in [-0.39, 0.29) is 5.75 Å². The van der Waals surface area contributed by atoms with E-state index in [1.54, 1.807) is 24.3 Å². The van der Waals surface area contributed by atoms with Crippen LogP contribution in [0.4, 0.5) is 0 Å². The molecule has 0 bridgehead atoms. The molecule has 1 unspecified atom stereocenters. The minimum Gasteiger partial charge on any atom is -0.508 e. The van der Waals surface area contributed by atoms with Gasteiger partial charge in [0.1, 0.15) is 5.75 Å². The Balaban J connectivity index is 2.60. The van der Waals surface area contributed by atoms with Crippen LogP contribution in [0.15, 0.2) is 24.3 Å². The summed E-state index contributed by atoms with van der Waals surface area (Å²) in [4.78, 5) is 11.0. The number of amides is 1. The molecular formula is C9H13N3O2. The van der Waals surface area contributed by atoms with Crippen molar-refractivity contribution in [2.24, 2.45) is 11.6 Å². The average Bonchev–Trinajstić information content (AvgIpc) is 2.20. The quantitative estimate of drug-likeness (QED) is 0.289. The van der Waals surface area contributed by atoms with E-state index in [1.165, 1.54) is 0 Å². The molecular weight excluding hydrogens is 182 g/mol. The van der Waals surface area contributed by atoms with Crippen molar-refractivity contribution in [2.75, 3.05) is 0 Å². The Morgan fingerprint density at radius 2 is 2.00 bits per heavy atom. The van der Waals surface area contributed by atoms with Crippen LogP contribution in [0.1, 0.15) is 5.56 Å². The molecule has 0 aromatic heterocycles. The molecule has 0 saturated carbocycles. The number of hydrogen-bond acceptors (Lipinski definition) is 4. The number of nitrogens with two attached hydrogens (primary N) is 2. The summed E-state index contributed by atoms with van der Waals surface area (Å²) in [5.41, 5.74) is 8.40. The second-order valence-corrected chi connectivity index (χ2v) is 2.99. The van der Waals surface area contributed by atoms with Crippen molar-refractivity contribution in [2.45, 2.75) is 12.5 Å². The zero-order valence-electron chi connectivity index (χ0n) is 7.60. The average molecular weight is 195 g/mol. The molecule has 0 heterocycles. The van der Waals surface area contributed by atoms with E-state index in [2.05, 4.69) is 0 Å². The summed E-state index contributed by atoms with van der Waals surface area (Å²) >= 11 is 0. The zero-order valence-corrected chi connectivity index (χ0v) is 7.60. The van der Waals surface area contributed by atoms with Gasteiger partial charge in [-0.25, -0.2) is 5.84 Å². The number of phenols is 1. The van der Waals surface area contributed by atoms with Crippen molar-refractivity contribution in [1.82, 2.24) is 5.43 Å². The van der Waals surface area contributed by atoms with Crippen molar-refractivity contribution >= 4 is 5.91 Å². The van der Waals surface area contributed by atoms with Crippen LogP contribution in [0.5, 0.6) is 5.75 Å². The van der Waals surface area contributed by atoms with Crippen molar-refractivity contribution < 1.29 is 9.90 Å². The van der Waals surface area contributed by atoms with Gasteiger partial charge < -0.3 is 10.8 Å². The first-order valence-corrected chi connectivity index (χ1v) is 4.17. The lowest BCUT2D eigenvalue weighted by molar-refractivity contribution is -0.122. The molecule has 0 saturated heterocycles. The van der Waals surface area contributed by atoms with E-state index in [1.807, 2.05) is 5.43 Å². The maximum atomic E-state index is 11.0. The number of benzene rings is 1. The van der Waals surface area contributed by atoms with Gasteiger partial charge in [-0.3, -0.25) is 10.2 Å². The van der Waals surface area contributed by atoms with Crippen LogP contribution in [0.3, 0.4) is 0 Å². The highest BCUT2D eigenvalue weighted by Gasteiger charge is 2.11. The van der Waals surface area contributed by atoms with Gasteiger partial charge in [-0.1, -0.05) is 12.1 Å². The Labute approximate surface area is 81.7 Å². The maximum absolute atomic E-state index is 11.0. The fourth-order valence-electron chi connectivity index (χ4n) is 1.09. The Hall–Kier alpha value is -1.59. The Bertz CT molecular complexity index is 310. The van der Waals surface area contributed by atoms with Gasteiger partial charge >= 0.3 is 0 Å². The van der Waals surface area contributed by atoms with Gasteiger partial charge in [-0.2, -0.15) is 0 Å². The molecule has 0 radical (unpaired) electrons. The third-order valence-electron chi connectivity index (χ3n) is 1.87. The van der Waals surface area contributed by atoms with Gasteiger partial charge in [-0.15, -0.1) is 0 Å². The Morgan fingerprint density at radius 3 is 2.50 bits per heavy atom. The molecule has 0 aliphatic carbocycles. The van der Waals surface area contributed by atoms with Crippen LogP contribution >= 0.6 is 0 Å². The summed E-state index contributed by atoms with van der Waals surface area (Å²) in [7, 11) is 0. The number of nitrogens with one attached hydrogen (secondary N) is 1. The van der Waals surface area contributed by atoms with Crippen LogP contribution < -0.4 is 17.0 Å². The molecule has 14 heavy (non-hydrogen) atoms. The second-order valence-electron chi connectivity index (χ2n) is 2.99. The molecule has 0 fully saturated rings. The highest BCUT2D eigenvalue weighted by atomic mass is 16.3. The Kier molecular flexibility index (Phi) is 3.44. The van der Waals surface area contributed by atoms with Crippen LogP contribution in [0, 0.1) is 0 Å². The lowest BCUT2D eigenvalue weighted by Gasteiger charge is -2.09. The summed E-state index contributed by atoms with van der Waals surface area (Å²) in [6, 6.07) is 5.84. The smallest absolute Gasteiger partial charge is 0.251 e. The highest BCUT2D eigenvalue weighted by Crippen LogP contribution is 2.10. The van der Waals surface area contributed by atoms with Crippen LogP contribution in [-0.2, 0) is 11.2 Å². The molecule has 1 amide bonds. The number of hydrogen-bond donors (Lipinski definition) is 4. The van der Waals surface area contributed by atoms with E-state index in [0.717, 1.165) is 5.56 Å². The SMILES string of the molecule is NNC(=O)C(N)Cc1ccc(O)cc1. The van der Waals surface area contributed by atoms with Gasteiger partial charge in [0.2, 0.25) is 0 Å². The zero-order chi connectivity index (χ0) is 10.6. The minimum atomic E-state index is -0.662. The van der Waals surface area contributed by atoms with E-state index < -0.39 is 11.9 Å². The third-order valence-corrected chi connectivity index (χ3v) is 1.87. The molecule has 1 atom stereocenters. The first-order chi connectivity index (χ1) is 6.63. The number of carbonyl (C=O) groups is 1. The third kappa shape index (κ3) is 2.72. The summed E-state index contributed by atoms with van der Waals surface area (Å²) in [6.45, 7) is 0. The van der Waals surface area contributed by atoms with Gasteiger partial charge in [-0.05, 0) is 24.1 Å². The van der Waals surface area contributed by atoms with Gasteiger partial charge in [0.25, 0.3) is 5.91 Å². The van der Waals surface area contributed by atoms with Gasteiger partial charge in [0.05, 0.1) is 6.04 Å². The molecule has 0 spiro atoms. The fraction of sp³-hybridized carbons (Fsp3) is 0.222. The molecule has 1 aromatic carbocycles. The Morgan fingerprint density at radius 1 is 1.43 bits per heavy atom. The van der Waals surface area contributed by atoms with Crippen LogP contribution in [0.2, 0.25) is 0 Å². The van der Waals surface area contributed by atoms with Crippen LogP contribution in [0.25, 0.3) is 0 Å². The van der Waals surface area contributed by atoms with Crippen molar-refractivity contribution in [3.05, 3.63) is 29.8 Å². The van der Waals surface area contributed by atoms with E-state index in [4.69, 9.17) is 16.7 Å². The van der Waals surface area contributed by atoms with Crippen molar-refractivity contribution in [1.29, 1.82) is 0 Å². The number of hydrazine groups is 1. The molecule has 0 aliphatic rings. The normalized spacial score (nSPS) is 12.1. The summed E-state index contributed by atoms with van der Waals surface area (Å²) in [5.74, 6) is 4.71. The maximum Gasteiger partial charge on any atom is 0.251 e. The van der Waals surface area contributed by atoms with Crippen LogP contribution in [-0.4, -0.2) is 17.1 Å². The number of aromatic hydroxyl groups is 1. The first-order valence-electron chi connectivity index (χ1n) is 4.17. The molecule has 6 N–H and O–H groups in total. The highest BCUT2D eigenvalue weighted by molar-refractivity contribution is 5.81. The standard InChI is InChI=1S/C9H13N3O2/c10-8(9(14)12-11)5-6-1-3-7(13)4-2-6/h1-4,8,13H,5,10-11H2,(H,12,14). The monoisotopic (exact) mass is 195 g/mol. The summed E-state index contributed by atoms with van der Waals surface area (Å²) in [6.07, 6.45) is 0.392. The van der Waals surface area contributed by atoms with Gasteiger partial charge in [0, 0.05) is 0 Å². The summed E-state index contributed by atoms with van der Waals surface area (Å²) in [5, 5.41) is 9.02. The van der Waals surface area contributed by atoms with E-state index in [9.17, 15) is 4.79 Å².